The van der Waals surface area contributed by atoms with Crippen molar-refractivity contribution in [1.29, 1.82) is 0 Å². The number of hydrogen-bond acceptors (Lipinski definition) is 2. The molecular weight excluding hydrogens is 284 g/mol. The van der Waals surface area contributed by atoms with E-state index in [4.69, 9.17) is 0 Å². The predicted octanol–water partition coefficient (Wildman–Crippen LogP) is 3.24. The third kappa shape index (κ3) is 2.83. The van der Waals surface area contributed by atoms with Crippen molar-refractivity contribution in [2.75, 3.05) is 13.1 Å². The van der Waals surface area contributed by atoms with E-state index in [0.29, 0.717) is 11.1 Å². The maximum absolute atomic E-state index is 14.2. The van der Waals surface area contributed by atoms with Crippen LogP contribution in [0.25, 0.3) is 11.1 Å². The van der Waals surface area contributed by atoms with Crippen molar-refractivity contribution in [3.63, 3.8) is 0 Å². The van der Waals surface area contributed by atoms with Crippen LogP contribution < -0.4 is 5.32 Å². The zero-order valence-electron chi connectivity index (χ0n) is 10.8. The summed E-state index contributed by atoms with van der Waals surface area (Å²) in [4.78, 5) is 0. The van der Waals surface area contributed by atoms with Gasteiger partial charge >= 0.3 is 0 Å². The van der Waals surface area contributed by atoms with Gasteiger partial charge in [-0.15, -0.1) is 12.4 Å². The molecule has 0 bridgehead atoms. The molecule has 3 rings (SSSR count). The minimum Gasteiger partial charge on any atom is -0.317 e. The molecule has 2 heterocycles. The molecule has 2 aromatic rings. The molecule has 1 aromatic carbocycles. The van der Waals surface area contributed by atoms with Crippen LogP contribution in [0.4, 0.5) is 8.78 Å². The van der Waals surface area contributed by atoms with Crippen LogP contribution in [0.15, 0.2) is 24.5 Å². The van der Waals surface area contributed by atoms with E-state index in [0.717, 1.165) is 25.9 Å². The monoisotopic (exact) mass is 299 g/mol. The van der Waals surface area contributed by atoms with Gasteiger partial charge in [-0.2, -0.15) is 5.10 Å². The highest BCUT2D eigenvalue weighted by molar-refractivity contribution is 5.85. The number of benzene rings is 1. The number of nitrogens with zero attached hydrogens (tertiary/aromatic N) is 1. The van der Waals surface area contributed by atoms with Crippen molar-refractivity contribution in [1.82, 2.24) is 15.5 Å². The summed E-state index contributed by atoms with van der Waals surface area (Å²) in [7, 11) is 0. The van der Waals surface area contributed by atoms with Crippen LogP contribution in [0.5, 0.6) is 0 Å². The third-order valence-corrected chi connectivity index (χ3v) is 3.66. The summed E-state index contributed by atoms with van der Waals surface area (Å²) in [6.45, 7) is 1.63. The lowest BCUT2D eigenvalue weighted by atomic mass is 9.88. The van der Waals surface area contributed by atoms with Crippen molar-refractivity contribution < 1.29 is 8.78 Å². The molecule has 20 heavy (non-hydrogen) atoms. The summed E-state index contributed by atoms with van der Waals surface area (Å²) in [6, 6.07) is 2.79. The average Bonchev–Trinajstić information content (AvgIpc) is 2.93. The van der Waals surface area contributed by atoms with Crippen molar-refractivity contribution in [3.8, 4) is 11.1 Å². The smallest absolute Gasteiger partial charge is 0.130 e. The summed E-state index contributed by atoms with van der Waals surface area (Å²) in [5, 5.41) is 9.63. The third-order valence-electron chi connectivity index (χ3n) is 3.66. The van der Waals surface area contributed by atoms with Gasteiger partial charge in [0.2, 0.25) is 0 Å². The fourth-order valence-corrected chi connectivity index (χ4v) is 2.66. The van der Waals surface area contributed by atoms with Crippen LogP contribution in [0.2, 0.25) is 0 Å². The quantitative estimate of drug-likeness (QED) is 0.894. The molecule has 108 valence electrons. The maximum Gasteiger partial charge on any atom is 0.130 e. The fraction of sp³-hybridized carbons (Fsp3) is 0.357. The summed E-state index contributed by atoms with van der Waals surface area (Å²) in [5.74, 6) is -0.939. The Balaban J connectivity index is 0.00000147. The van der Waals surface area contributed by atoms with Crippen molar-refractivity contribution >= 4 is 12.4 Å². The molecule has 1 fully saturated rings. The van der Waals surface area contributed by atoms with Crippen molar-refractivity contribution in [3.05, 3.63) is 41.7 Å². The number of aromatic nitrogens is 2. The summed E-state index contributed by atoms with van der Waals surface area (Å²) < 4.78 is 28.4. The van der Waals surface area contributed by atoms with Crippen LogP contribution in [0.1, 0.15) is 24.3 Å². The Labute approximate surface area is 122 Å². The molecule has 6 heteroatoms. The first-order valence-electron chi connectivity index (χ1n) is 6.44. The molecule has 0 radical (unpaired) electrons. The molecule has 1 aliphatic rings. The van der Waals surface area contributed by atoms with Crippen LogP contribution in [-0.4, -0.2) is 23.3 Å². The van der Waals surface area contributed by atoms with E-state index in [1.165, 1.54) is 12.1 Å². The first-order valence-corrected chi connectivity index (χ1v) is 6.44. The molecule has 2 N–H and O–H groups in total. The largest absolute Gasteiger partial charge is 0.317 e. The first-order chi connectivity index (χ1) is 9.25. The topological polar surface area (TPSA) is 40.7 Å². The minimum atomic E-state index is -0.455. The SMILES string of the molecule is Cl.Fc1cc(-c2cn[nH]c2)cc(F)c1C1CCNCC1. The molecule has 0 amide bonds. The number of halogens is 3. The predicted molar refractivity (Wildman–Crippen MR) is 76.0 cm³/mol. The zero-order valence-corrected chi connectivity index (χ0v) is 11.6. The van der Waals surface area contributed by atoms with Crippen LogP contribution in [0, 0.1) is 11.6 Å². The Bertz CT molecular complexity index is 543. The lowest BCUT2D eigenvalue weighted by molar-refractivity contribution is 0.427. The van der Waals surface area contributed by atoms with Gasteiger partial charge in [0.15, 0.2) is 0 Å². The number of aromatic amines is 1. The standard InChI is InChI=1S/C14H15F2N3.ClH/c15-12-5-10(11-7-18-19-8-11)6-13(16)14(12)9-1-3-17-4-2-9;/h5-9,17H,1-4H2,(H,18,19);1H. The average molecular weight is 300 g/mol. The first kappa shape index (κ1) is 14.9. The normalized spacial score (nSPS) is 15.9. The second-order valence-corrected chi connectivity index (χ2v) is 4.86. The fourth-order valence-electron chi connectivity index (χ4n) is 2.66. The van der Waals surface area contributed by atoms with Gasteiger partial charge in [0.25, 0.3) is 0 Å². The molecule has 1 saturated heterocycles. The molecule has 0 aliphatic carbocycles. The van der Waals surface area contributed by atoms with Gasteiger partial charge < -0.3 is 5.32 Å². The zero-order chi connectivity index (χ0) is 13.2. The van der Waals surface area contributed by atoms with E-state index >= 15 is 0 Å². The van der Waals surface area contributed by atoms with Gasteiger partial charge in [-0.3, -0.25) is 5.10 Å². The molecule has 0 atom stereocenters. The second kappa shape index (κ2) is 6.33. The number of hydrogen-bond donors (Lipinski definition) is 2. The second-order valence-electron chi connectivity index (χ2n) is 4.86. The Kier molecular flexibility index (Phi) is 4.73. The molecule has 3 nitrogen and oxygen atoms in total. The number of rotatable bonds is 2. The summed E-state index contributed by atoms with van der Waals surface area (Å²) >= 11 is 0. The van der Waals surface area contributed by atoms with E-state index in [2.05, 4.69) is 15.5 Å². The molecule has 0 unspecified atom stereocenters. The van der Waals surface area contributed by atoms with Crippen LogP contribution >= 0.6 is 12.4 Å². The van der Waals surface area contributed by atoms with Gasteiger partial charge in [-0.1, -0.05) is 0 Å². The highest BCUT2D eigenvalue weighted by Crippen LogP contribution is 2.32. The highest BCUT2D eigenvalue weighted by Gasteiger charge is 2.23. The van der Waals surface area contributed by atoms with Gasteiger partial charge in [0, 0.05) is 17.3 Å². The van der Waals surface area contributed by atoms with E-state index in [9.17, 15) is 8.78 Å². The lowest BCUT2D eigenvalue weighted by Crippen LogP contribution is -2.27. The molecule has 0 saturated carbocycles. The van der Waals surface area contributed by atoms with E-state index < -0.39 is 11.6 Å². The maximum atomic E-state index is 14.2. The van der Waals surface area contributed by atoms with Gasteiger partial charge in [-0.25, -0.2) is 8.78 Å². The highest BCUT2D eigenvalue weighted by atomic mass is 35.5. The van der Waals surface area contributed by atoms with E-state index in [-0.39, 0.29) is 23.9 Å². The Morgan fingerprint density at radius 3 is 2.25 bits per heavy atom. The summed E-state index contributed by atoms with van der Waals surface area (Å²) in [5.41, 5.74) is 1.44. The molecule has 0 spiro atoms. The van der Waals surface area contributed by atoms with Gasteiger partial charge in [0.05, 0.1) is 6.20 Å². The Morgan fingerprint density at radius 2 is 1.70 bits per heavy atom. The number of H-pyrrole nitrogens is 1. The Hall–Kier alpha value is -1.46. The van der Waals surface area contributed by atoms with E-state index in [1.54, 1.807) is 12.4 Å². The number of piperidine rings is 1. The van der Waals surface area contributed by atoms with Gasteiger partial charge in [-0.05, 0) is 49.5 Å². The van der Waals surface area contributed by atoms with Crippen molar-refractivity contribution in [2.45, 2.75) is 18.8 Å². The Morgan fingerprint density at radius 1 is 1.05 bits per heavy atom. The molecule has 1 aromatic heterocycles. The van der Waals surface area contributed by atoms with Gasteiger partial charge in [0.1, 0.15) is 11.6 Å². The van der Waals surface area contributed by atoms with E-state index in [1.807, 2.05) is 0 Å². The minimum absolute atomic E-state index is 0. The molecule has 1 aliphatic heterocycles. The van der Waals surface area contributed by atoms with Crippen molar-refractivity contribution in [2.24, 2.45) is 0 Å². The summed E-state index contributed by atoms with van der Waals surface area (Å²) in [6.07, 6.45) is 4.73. The van der Waals surface area contributed by atoms with Crippen LogP contribution in [0.3, 0.4) is 0 Å². The molecular formula is C14H16ClF2N3. The number of nitrogens with one attached hydrogen (secondary N) is 2. The lowest BCUT2D eigenvalue weighted by Gasteiger charge is -2.24. The van der Waals surface area contributed by atoms with Crippen LogP contribution in [-0.2, 0) is 0 Å².